The number of halogens is 1. The maximum absolute atomic E-state index is 11.4. The second kappa shape index (κ2) is 4.49. The molecule has 1 aromatic heterocycles. The van der Waals surface area contributed by atoms with Gasteiger partial charge in [-0.1, -0.05) is 17.7 Å². The van der Waals surface area contributed by atoms with Crippen LogP contribution in [-0.2, 0) is 10.2 Å². The largest absolute Gasteiger partial charge is 0.481 e. The van der Waals surface area contributed by atoms with Crippen molar-refractivity contribution in [1.29, 1.82) is 0 Å². The van der Waals surface area contributed by atoms with E-state index in [2.05, 4.69) is 4.98 Å². The molecular formula is C15H16ClNO2. The average Bonchev–Trinajstić information content (AvgIpc) is 2.33. The minimum absolute atomic E-state index is 0.581. The van der Waals surface area contributed by atoms with Crippen LogP contribution in [0.1, 0.15) is 30.7 Å². The molecule has 3 nitrogen and oxygen atoms in total. The number of aromatic nitrogens is 1. The number of benzene rings is 1. The first kappa shape index (κ1) is 13.8. The van der Waals surface area contributed by atoms with Gasteiger partial charge in [-0.05, 0) is 51.0 Å². The summed E-state index contributed by atoms with van der Waals surface area (Å²) in [6.45, 7) is 7.10. The van der Waals surface area contributed by atoms with Gasteiger partial charge in [0.15, 0.2) is 0 Å². The molecule has 100 valence electrons. The lowest BCUT2D eigenvalue weighted by atomic mass is 9.86. The van der Waals surface area contributed by atoms with Crippen LogP contribution in [0.4, 0.5) is 0 Å². The van der Waals surface area contributed by atoms with Gasteiger partial charge in [-0.15, -0.1) is 0 Å². The molecule has 0 fully saturated rings. The van der Waals surface area contributed by atoms with Crippen LogP contribution in [0.5, 0.6) is 0 Å². The van der Waals surface area contributed by atoms with E-state index in [1.807, 2.05) is 32.0 Å². The second-order valence-electron chi connectivity index (χ2n) is 5.33. The van der Waals surface area contributed by atoms with E-state index in [0.717, 1.165) is 22.0 Å². The molecular weight excluding hydrogens is 262 g/mol. The molecule has 0 atom stereocenters. The third kappa shape index (κ3) is 2.19. The van der Waals surface area contributed by atoms with Crippen LogP contribution in [0.3, 0.4) is 0 Å². The van der Waals surface area contributed by atoms with E-state index in [1.165, 1.54) is 0 Å². The Morgan fingerprint density at radius 3 is 2.53 bits per heavy atom. The Labute approximate surface area is 117 Å². The molecule has 0 bridgehead atoms. The number of nitrogens with zero attached hydrogens (tertiary/aromatic N) is 1. The van der Waals surface area contributed by atoms with Gasteiger partial charge in [0.25, 0.3) is 0 Å². The first-order valence-electron chi connectivity index (χ1n) is 6.05. The van der Waals surface area contributed by atoms with Crippen molar-refractivity contribution in [2.45, 2.75) is 33.1 Å². The lowest BCUT2D eigenvalue weighted by Gasteiger charge is -2.21. The summed E-state index contributed by atoms with van der Waals surface area (Å²) in [6, 6.07) is 5.70. The van der Waals surface area contributed by atoms with Gasteiger partial charge in [-0.2, -0.15) is 0 Å². The van der Waals surface area contributed by atoms with Crippen molar-refractivity contribution in [3.63, 3.8) is 0 Å². The first-order valence-corrected chi connectivity index (χ1v) is 6.43. The lowest BCUT2D eigenvalue weighted by Crippen LogP contribution is -2.30. The molecule has 0 amide bonds. The Balaban J connectivity index is 2.81. The fraction of sp³-hybridized carbons (Fsp3) is 0.333. The Bertz CT molecular complexity index is 677. The fourth-order valence-corrected chi connectivity index (χ4v) is 2.35. The van der Waals surface area contributed by atoms with E-state index in [4.69, 9.17) is 11.6 Å². The van der Waals surface area contributed by atoms with E-state index < -0.39 is 11.4 Å². The zero-order chi connectivity index (χ0) is 14.4. The summed E-state index contributed by atoms with van der Waals surface area (Å²) in [5.74, 6) is -0.887. The summed E-state index contributed by atoms with van der Waals surface area (Å²) in [7, 11) is 0. The molecule has 0 spiro atoms. The van der Waals surface area contributed by atoms with Crippen LogP contribution < -0.4 is 0 Å². The number of carboxylic acids is 1. The van der Waals surface area contributed by atoms with E-state index in [9.17, 15) is 9.90 Å². The van der Waals surface area contributed by atoms with Crippen LogP contribution in [0.2, 0.25) is 5.02 Å². The molecule has 0 aliphatic carbocycles. The molecule has 1 aromatic carbocycles. The van der Waals surface area contributed by atoms with Crippen molar-refractivity contribution >= 4 is 28.5 Å². The van der Waals surface area contributed by atoms with Gasteiger partial charge in [-0.3, -0.25) is 9.78 Å². The zero-order valence-corrected chi connectivity index (χ0v) is 12.2. The lowest BCUT2D eigenvalue weighted by molar-refractivity contribution is -0.142. The summed E-state index contributed by atoms with van der Waals surface area (Å²) in [6.07, 6.45) is 0. The molecule has 0 saturated carbocycles. The van der Waals surface area contributed by atoms with E-state index in [0.29, 0.717) is 10.7 Å². The zero-order valence-electron chi connectivity index (χ0n) is 11.4. The maximum Gasteiger partial charge on any atom is 0.315 e. The number of carbonyl (C=O) groups is 1. The molecule has 2 rings (SSSR count). The van der Waals surface area contributed by atoms with Crippen molar-refractivity contribution in [3.8, 4) is 0 Å². The van der Waals surface area contributed by atoms with E-state index in [-0.39, 0.29) is 0 Å². The maximum atomic E-state index is 11.4. The van der Waals surface area contributed by atoms with Crippen LogP contribution in [0.15, 0.2) is 18.2 Å². The topological polar surface area (TPSA) is 50.2 Å². The molecule has 19 heavy (non-hydrogen) atoms. The number of aryl methyl sites for hydroxylation is 2. The number of fused-ring (bicyclic) bond motifs is 1. The predicted octanol–water partition coefficient (Wildman–Crippen LogP) is 3.87. The van der Waals surface area contributed by atoms with Crippen LogP contribution in [0, 0.1) is 13.8 Å². The summed E-state index contributed by atoms with van der Waals surface area (Å²) < 4.78 is 0. The third-order valence-corrected chi connectivity index (χ3v) is 3.90. The molecule has 0 aliphatic heterocycles. The highest BCUT2D eigenvalue weighted by molar-refractivity contribution is 6.32. The summed E-state index contributed by atoms with van der Waals surface area (Å²) in [5, 5.41) is 11.0. The minimum Gasteiger partial charge on any atom is -0.481 e. The summed E-state index contributed by atoms with van der Waals surface area (Å²) in [5.41, 5.74) is 2.08. The molecule has 1 N–H and O–H groups in total. The van der Waals surface area contributed by atoms with Crippen molar-refractivity contribution < 1.29 is 9.90 Å². The van der Waals surface area contributed by atoms with Crippen LogP contribution in [0.25, 0.3) is 10.9 Å². The average molecular weight is 278 g/mol. The fourth-order valence-electron chi connectivity index (χ4n) is 2.20. The Morgan fingerprint density at radius 2 is 1.95 bits per heavy atom. The number of pyridine rings is 1. The van der Waals surface area contributed by atoms with Gasteiger partial charge in [-0.25, -0.2) is 0 Å². The van der Waals surface area contributed by atoms with Gasteiger partial charge in [0, 0.05) is 10.4 Å². The SMILES string of the molecule is Cc1cc2ccc(Cl)c(C)c2nc1C(C)(C)C(=O)O. The first-order chi connectivity index (χ1) is 8.75. The molecule has 0 unspecified atom stereocenters. The van der Waals surface area contributed by atoms with Gasteiger partial charge in [0.1, 0.15) is 5.41 Å². The number of rotatable bonds is 2. The molecule has 2 aromatic rings. The highest BCUT2D eigenvalue weighted by atomic mass is 35.5. The Hall–Kier alpha value is -1.61. The van der Waals surface area contributed by atoms with E-state index >= 15 is 0 Å². The van der Waals surface area contributed by atoms with Crippen molar-refractivity contribution in [2.75, 3.05) is 0 Å². The standard InChI is InChI=1S/C15H16ClNO2/c1-8-7-10-5-6-11(16)9(2)12(10)17-13(8)15(3,4)14(18)19/h5-7H,1-4H3,(H,18,19). The molecule has 0 radical (unpaired) electrons. The number of hydrogen-bond acceptors (Lipinski definition) is 2. The summed E-state index contributed by atoms with van der Waals surface area (Å²) >= 11 is 6.10. The third-order valence-electron chi connectivity index (χ3n) is 3.49. The van der Waals surface area contributed by atoms with Crippen molar-refractivity contribution in [1.82, 2.24) is 4.98 Å². The smallest absolute Gasteiger partial charge is 0.315 e. The molecule has 0 saturated heterocycles. The van der Waals surface area contributed by atoms with Crippen LogP contribution >= 0.6 is 11.6 Å². The number of hydrogen-bond donors (Lipinski definition) is 1. The van der Waals surface area contributed by atoms with Gasteiger partial charge >= 0.3 is 5.97 Å². The van der Waals surface area contributed by atoms with Gasteiger partial charge in [0.05, 0.1) is 11.2 Å². The van der Waals surface area contributed by atoms with Gasteiger partial charge in [0.2, 0.25) is 0 Å². The molecule has 4 heteroatoms. The summed E-state index contributed by atoms with van der Waals surface area (Å²) in [4.78, 5) is 16.0. The molecule has 0 aliphatic rings. The van der Waals surface area contributed by atoms with E-state index in [1.54, 1.807) is 13.8 Å². The monoisotopic (exact) mass is 277 g/mol. The molecule has 1 heterocycles. The highest BCUT2D eigenvalue weighted by Gasteiger charge is 2.32. The minimum atomic E-state index is -1.02. The number of aliphatic carboxylic acids is 1. The van der Waals surface area contributed by atoms with Crippen LogP contribution in [-0.4, -0.2) is 16.1 Å². The predicted molar refractivity (Wildman–Crippen MR) is 76.9 cm³/mol. The second-order valence-corrected chi connectivity index (χ2v) is 5.74. The normalized spacial score (nSPS) is 11.8. The Morgan fingerprint density at radius 1 is 1.32 bits per heavy atom. The van der Waals surface area contributed by atoms with Crippen molar-refractivity contribution in [2.24, 2.45) is 0 Å². The van der Waals surface area contributed by atoms with Crippen molar-refractivity contribution in [3.05, 3.63) is 40.0 Å². The number of carboxylic acid groups (broad SMARTS) is 1. The highest BCUT2D eigenvalue weighted by Crippen LogP contribution is 2.30. The van der Waals surface area contributed by atoms with Gasteiger partial charge < -0.3 is 5.11 Å². The quantitative estimate of drug-likeness (QED) is 0.907. The Kier molecular flexibility index (Phi) is 3.27.